The molecule has 2 unspecified atom stereocenters. The van der Waals surface area contributed by atoms with Gasteiger partial charge in [-0.05, 0) is 49.9 Å². The van der Waals surface area contributed by atoms with Crippen LogP contribution in [0.25, 0.3) is 0 Å². The van der Waals surface area contributed by atoms with E-state index < -0.39 is 0 Å². The minimum atomic E-state index is -0.209. The third-order valence-corrected chi connectivity index (χ3v) is 4.18. The van der Waals surface area contributed by atoms with Gasteiger partial charge in [-0.2, -0.15) is 0 Å². The third-order valence-electron chi connectivity index (χ3n) is 4.18. The van der Waals surface area contributed by atoms with Crippen molar-refractivity contribution in [1.29, 1.82) is 0 Å². The van der Waals surface area contributed by atoms with Gasteiger partial charge in [-0.1, -0.05) is 19.1 Å². The lowest BCUT2D eigenvalue weighted by Gasteiger charge is -2.32. The third kappa shape index (κ3) is 5.06. The number of likely N-dealkylation sites (N-methyl/N-ethyl adjacent to an activating group) is 1. The van der Waals surface area contributed by atoms with Crippen LogP contribution >= 0.6 is 0 Å². The minimum absolute atomic E-state index is 0.0137. The van der Waals surface area contributed by atoms with Crippen molar-refractivity contribution in [2.75, 3.05) is 26.8 Å². The second-order valence-electron chi connectivity index (χ2n) is 6.07. The first-order valence-electron chi connectivity index (χ1n) is 7.90. The molecule has 0 radical (unpaired) electrons. The Hall–Kier alpha value is -0.970. The Morgan fingerprint density at radius 3 is 2.81 bits per heavy atom. The fourth-order valence-electron chi connectivity index (χ4n) is 2.62. The van der Waals surface area contributed by atoms with Gasteiger partial charge in [-0.25, -0.2) is 4.39 Å². The molecule has 0 bridgehead atoms. The number of nitrogens with two attached hydrogens (primary N) is 1. The van der Waals surface area contributed by atoms with Gasteiger partial charge in [-0.15, -0.1) is 0 Å². The maximum atomic E-state index is 13.5. The highest BCUT2D eigenvalue weighted by Gasteiger charge is 2.24. The Morgan fingerprint density at radius 1 is 1.43 bits per heavy atom. The van der Waals surface area contributed by atoms with Gasteiger partial charge in [0.2, 0.25) is 0 Å². The van der Waals surface area contributed by atoms with Gasteiger partial charge >= 0.3 is 0 Å². The molecule has 2 atom stereocenters. The van der Waals surface area contributed by atoms with Crippen molar-refractivity contribution < 1.29 is 9.13 Å². The average molecular weight is 294 g/mol. The fourth-order valence-corrected chi connectivity index (χ4v) is 2.62. The maximum absolute atomic E-state index is 13.5. The highest BCUT2D eigenvalue weighted by Crippen LogP contribution is 2.29. The molecule has 1 fully saturated rings. The summed E-state index contributed by atoms with van der Waals surface area (Å²) in [5.41, 5.74) is 7.20. The predicted octanol–water partition coefficient (Wildman–Crippen LogP) is 2.96. The Kier molecular flexibility index (Phi) is 6.15. The van der Waals surface area contributed by atoms with Crippen LogP contribution in [0, 0.1) is 11.7 Å². The first-order valence-corrected chi connectivity index (χ1v) is 7.90. The lowest BCUT2D eigenvalue weighted by atomic mass is 9.96. The molecule has 0 saturated heterocycles. The number of rotatable bonds is 9. The summed E-state index contributed by atoms with van der Waals surface area (Å²) in [6.45, 7) is 4.45. The first kappa shape index (κ1) is 16.4. The second kappa shape index (κ2) is 7.87. The molecule has 2 rings (SSSR count). The Morgan fingerprint density at radius 2 is 2.19 bits per heavy atom. The van der Waals surface area contributed by atoms with Crippen LogP contribution in [0.2, 0.25) is 0 Å². The van der Waals surface area contributed by atoms with Crippen LogP contribution < -0.4 is 5.73 Å². The molecule has 3 nitrogen and oxygen atoms in total. The highest BCUT2D eigenvalue weighted by atomic mass is 19.1. The Bertz CT molecular complexity index is 437. The lowest BCUT2D eigenvalue weighted by molar-refractivity contribution is 0.0861. The number of nitrogens with zero attached hydrogens (tertiary/aromatic N) is 1. The predicted molar refractivity (Wildman–Crippen MR) is 83.6 cm³/mol. The van der Waals surface area contributed by atoms with Gasteiger partial charge in [-0.3, -0.25) is 4.90 Å². The summed E-state index contributed by atoms with van der Waals surface area (Å²) in [6.07, 6.45) is 3.47. The summed E-state index contributed by atoms with van der Waals surface area (Å²) in [6, 6.07) is 6.76. The molecule has 118 valence electrons. The van der Waals surface area contributed by atoms with Gasteiger partial charge in [0, 0.05) is 25.2 Å². The summed E-state index contributed by atoms with van der Waals surface area (Å²) < 4.78 is 19.2. The van der Waals surface area contributed by atoms with Gasteiger partial charge in [0.1, 0.15) is 5.82 Å². The van der Waals surface area contributed by atoms with E-state index in [4.69, 9.17) is 10.5 Å². The van der Waals surface area contributed by atoms with E-state index in [1.165, 1.54) is 18.9 Å². The fraction of sp³-hybridized carbons (Fsp3) is 0.647. The molecule has 0 amide bonds. The molecule has 2 N–H and O–H groups in total. The second-order valence-corrected chi connectivity index (χ2v) is 6.07. The summed E-state index contributed by atoms with van der Waals surface area (Å²) in [5, 5.41) is 0. The molecule has 0 aliphatic heterocycles. The number of hydrogen-bond acceptors (Lipinski definition) is 3. The molecule has 1 aliphatic carbocycles. The standard InChI is InChI=1S/C17H27FN2O/c1-3-16(19)17(14-5-4-6-15(18)11-14)20(2)9-10-21-12-13-7-8-13/h4-6,11,13,16-17H,3,7-10,12,19H2,1-2H3. The monoisotopic (exact) mass is 294 g/mol. The topological polar surface area (TPSA) is 38.5 Å². The largest absolute Gasteiger partial charge is 0.380 e. The van der Waals surface area contributed by atoms with Crippen LogP contribution in [0.3, 0.4) is 0 Å². The molecule has 1 aromatic rings. The van der Waals surface area contributed by atoms with Gasteiger partial charge in [0.05, 0.1) is 6.61 Å². The van der Waals surface area contributed by atoms with Crippen LogP contribution in [0.15, 0.2) is 24.3 Å². The number of ether oxygens (including phenoxy) is 1. The quantitative estimate of drug-likeness (QED) is 0.712. The summed E-state index contributed by atoms with van der Waals surface area (Å²) in [5.74, 6) is 0.575. The van der Waals surface area contributed by atoms with Crippen LogP contribution in [0.1, 0.15) is 37.8 Å². The lowest BCUT2D eigenvalue weighted by Crippen LogP contribution is -2.40. The smallest absolute Gasteiger partial charge is 0.123 e. The zero-order valence-corrected chi connectivity index (χ0v) is 13.1. The van der Waals surface area contributed by atoms with Crippen molar-refractivity contribution in [1.82, 2.24) is 4.90 Å². The van der Waals surface area contributed by atoms with E-state index in [9.17, 15) is 4.39 Å². The normalized spacial score (nSPS) is 18.0. The molecule has 0 spiro atoms. The highest BCUT2D eigenvalue weighted by molar-refractivity contribution is 5.21. The van der Waals surface area contributed by atoms with Gasteiger partial charge in [0.25, 0.3) is 0 Å². The zero-order valence-electron chi connectivity index (χ0n) is 13.1. The molecular formula is C17H27FN2O. The zero-order chi connectivity index (χ0) is 15.2. The van der Waals surface area contributed by atoms with E-state index in [2.05, 4.69) is 11.8 Å². The van der Waals surface area contributed by atoms with Crippen molar-refractivity contribution in [3.63, 3.8) is 0 Å². The number of halogens is 1. The van der Waals surface area contributed by atoms with E-state index in [0.717, 1.165) is 31.1 Å². The van der Waals surface area contributed by atoms with Crippen molar-refractivity contribution in [3.05, 3.63) is 35.6 Å². The van der Waals surface area contributed by atoms with Crippen LogP contribution in [-0.2, 0) is 4.74 Å². The Balaban J connectivity index is 1.93. The van der Waals surface area contributed by atoms with Crippen LogP contribution in [-0.4, -0.2) is 37.7 Å². The molecule has 1 aromatic carbocycles. The Labute approximate surface area is 127 Å². The van der Waals surface area contributed by atoms with Crippen LogP contribution in [0.5, 0.6) is 0 Å². The van der Waals surface area contributed by atoms with Gasteiger partial charge in [0.15, 0.2) is 0 Å². The SMILES string of the molecule is CCC(N)C(c1cccc(F)c1)N(C)CCOCC1CC1. The number of benzene rings is 1. The first-order chi connectivity index (χ1) is 10.1. The molecule has 1 aliphatic rings. The molecule has 4 heteroatoms. The van der Waals surface area contributed by atoms with Crippen molar-refractivity contribution in [2.24, 2.45) is 11.7 Å². The van der Waals surface area contributed by atoms with Crippen LogP contribution in [0.4, 0.5) is 4.39 Å². The van der Waals surface area contributed by atoms with Crippen molar-refractivity contribution in [3.8, 4) is 0 Å². The minimum Gasteiger partial charge on any atom is -0.380 e. The van der Waals surface area contributed by atoms with E-state index in [-0.39, 0.29) is 17.9 Å². The molecule has 0 aromatic heterocycles. The summed E-state index contributed by atoms with van der Waals surface area (Å²) >= 11 is 0. The molecular weight excluding hydrogens is 267 g/mol. The van der Waals surface area contributed by atoms with E-state index in [0.29, 0.717) is 6.61 Å². The van der Waals surface area contributed by atoms with Gasteiger partial charge < -0.3 is 10.5 Å². The summed E-state index contributed by atoms with van der Waals surface area (Å²) in [7, 11) is 2.03. The average Bonchev–Trinajstić information content (AvgIpc) is 3.28. The van der Waals surface area contributed by atoms with Crippen molar-refractivity contribution in [2.45, 2.75) is 38.3 Å². The van der Waals surface area contributed by atoms with Crippen molar-refractivity contribution >= 4 is 0 Å². The molecule has 0 heterocycles. The maximum Gasteiger partial charge on any atom is 0.123 e. The number of hydrogen-bond donors (Lipinski definition) is 1. The summed E-state index contributed by atoms with van der Waals surface area (Å²) in [4.78, 5) is 2.18. The van der Waals surface area contributed by atoms with E-state index in [1.54, 1.807) is 12.1 Å². The van der Waals surface area contributed by atoms with E-state index >= 15 is 0 Å². The molecule has 21 heavy (non-hydrogen) atoms. The molecule has 1 saturated carbocycles. The van der Waals surface area contributed by atoms with E-state index in [1.807, 2.05) is 13.1 Å².